The molecule has 0 spiro atoms. The Morgan fingerprint density at radius 2 is 1.77 bits per heavy atom. The second kappa shape index (κ2) is 6.61. The van der Waals surface area contributed by atoms with Crippen LogP contribution in [0.2, 0.25) is 0 Å². The fraction of sp³-hybridized carbons (Fsp3) is 0.0526. The van der Waals surface area contributed by atoms with E-state index < -0.39 is 0 Å². The molecule has 1 amide bonds. The molecule has 1 N–H and O–H groups in total. The zero-order valence-electron chi connectivity index (χ0n) is 13.7. The van der Waals surface area contributed by atoms with Gasteiger partial charge < -0.3 is 0 Å². The van der Waals surface area contributed by atoms with Crippen LogP contribution in [-0.4, -0.2) is 20.9 Å². The Kier molecular flexibility index (Phi) is 4.14. The van der Waals surface area contributed by atoms with Crippen molar-refractivity contribution in [3.63, 3.8) is 0 Å². The van der Waals surface area contributed by atoms with Crippen molar-refractivity contribution >= 4 is 33.4 Å². The highest BCUT2D eigenvalue weighted by Gasteiger charge is 2.14. The Balaban J connectivity index is 1.59. The molecule has 4 aromatic rings. The van der Waals surface area contributed by atoms with E-state index in [0.717, 1.165) is 21.7 Å². The average Bonchev–Trinajstić information content (AvgIpc) is 3.02. The number of hydrogen-bond donors (Lipinski definition) is 1. The van der Waals surface area contributed by atoms with E-state index in [1.165, 1.54) is 23.5 Å². The summed E-state index contributed by atoms with van der Waals surface area (Å²) in [5.74, 6) is -0.563. The molecule has 4 rings (SSSR count). The number of benzene rings is 2. The van der Waals surface area contributed by atoms with Crippen LogP contribution in [0.1, 0.15) is 15.2 Å². The minimum Gasteiger partial charge on any atom is -0.298 e. The van der Waals surface area contributed by atoms with E-state index in [1.54, 1.807) is 42.7 Å². The summed E-state index contributed by atoms with van der Waals surface area (Å²) in [6.07, 6.45) is 3.20. The van der Waals surface area contributed by atoms with Gasteiger partial charge in [0, 0.05) is 28.4 Å². The monoisotopic (exact) mass is 364 g/mol. The molecule has 0 saturated heterocycles. The SMILES string of the molecule is Cc1sc(NC(=O)c2ccc3nccnc3c2)nc1-c1ccc(F)cc1. The lowest BCUT2D eigenvalue weighted by Crippen LogP contribution is -2.11. The molecule has 128 valence electrons. The molecule has 7 heteroatoms. The van der Waals surface area contributed by atoms with Crippen LogP contribution in [0.4, 0.5) is 9.52 Å². The Labute approximate surface area is 152 Å². The van der Waals surface area contributed by atoms with Crippen molar-refractivity contribution in [2.45, 2.75) is 6.92 Å². The number of anilines is 1. The molecule has 0 fully saturated rings. The van der Waals surface area contributed by atoms with E-state index in [-0.39, 0.29) is 11.7 Å². The van der Waals surface area contributed by atoms with E-state index in [2.05, 4.69) is 20.3 Å². The zero-order chi connectivity index (χ0) is 18.1. The van der Waals surface area contributed by atoms with E-state index in [9.17, 15) is 9.18 Å². The molecule has 0 radical (unpaired) electrons. The van der Waals surface area contributed by atoms with Crippen LogP contribution in [-0.2, 0) is 0 Å². The molecule has 0 aliphatic rings. The number of fused-ring (bicyclic) bond motifs is 1. The van der Waals surface area contributed by atoms with Crippen LogP contribution in [0.15, 0.2) is 54.9 Å². The number of nitrogens with zero attached hydrogens (tertiary/aromatic N) is 3. The van der Waals surface area contributed by atoms with E-state index in [4.69, 9.17) is 0 Å². The molecule has 0 atom stereocenters. The number of amides is 1. The topological polar surface area (TPSA) is 67.8 Å². The van der Waals surface area contributed by atoms with Crippen molar-refractivity contribution in [2.24, 2.45) is 0 Å². The third kappa shape index (κ3) is 3.16. The molecule has 0 aliphatic carbocycles. The van der Waals surface area contributed by atoms with Crippen molar-refractivity contribution in [1.29, 1.82) is 0 Å². The maximum Gasteiger partial charge on any atom is 0.257 e. The lowest BCUT2D eigenvalue weighted by Gasteiger charge is -2.03. The largest absolute Gasteiger partial charge is 0.298 e. The van der Waals surface area contributed by atoms with Crippen LogP contribution in [0.3, 0.4) is 0 Å². The molecule has 0 aliphatic heterocycles. The first kappa shape index (κ1) is 16.3. The second-order valence-electron chi connectivity index (χ2n) is 5.64. The van der Waals surface area contributed by atoms with Crippen molar-refractivity contribution in [2.75, 3.05) is 5.32 Å². The van der Waals surface area contributed by atoms with Gasteiger partial charge in [0.25, 0.3) is 5.91 Å². The number of hydrogen-bond acceptors (Lipinski definition) is 5. The first-order valence-corrected chi connectivity index (χ1v) is 8.67. The van der Waals surface area contributed by atoms with Gasteiger partial charge >= 0.3 is 0 Å². The van der Waals surface area contributed by atoms with E-state index >= 15 is 0 Å². The summed E-state index contributed by atoms with van der Waals surface area (Å²) < 4.78 is 13.1. The first-order valence-electron chi connectivity index (χ1n) is 7.85. The van der Waals surface area contributed by atoms with Crippen LogP contribution in [0.5, 0.6) is 0 Å². The van der Waals surface area contributed by atoms with Gasteiger partial charge in [-0.25, -0.2) is 9.37 Å². The Bertz CT molecular complexity index is 1110. The molecule has 2 aromatic carbocycles. The third-order valence-corrected chi connectivity index (χ3v) is 4.75. The fourth-order valence-electron chi connectivity index (χ4n) is 2.60. The minimum absolute atomic E-state index is 0.267. The maximum atomic E-state index is 13.1. The highest BCUT2D eigenvalue weighted by atomic mass is 32.1. The van der Waals surface area contributed by atoms with E-state index in [1.807, 2.05) is 6.92 Å². The average molecular weight is 364 g/mol. The first-order chi connectivity index (χ1) is 12.6. The Morgan fingerprint density at radius 3 is 2.54 bits per heavy atom. The van der Waals surface area contributed by atoms with Gasteiger partial charge in [-0.05, 0) is 49.4 Å². The smallest absolute Gasteiger partial charge is 0.257 e. The summed E-state index contributed by atoms with van der Waals surface area (Å²) in [4.78, 5) is 26.3. The molecule has 0 unspecified atom stereocenters. The second-order valence-corrected chi connectivity index (χ2v) is 6.85. The standard InChI is InChI=1S/C19H13FN4OS/c1-11-17(12-2-5-14(20)6-3-12)23-19(26-11)24-18(25)13-4-7-15-16(10-13)22-9-8-21-15/h2-10H,1H3,(H,23,24,25). The van der Waals surface area contributed by atoms with Crippen LogP contribution in [0.25, 0.3) is 22.3 Å². The van der Waals surface area contributed by atoms with Gasteiger partial charge in [0.2, 0.25) is 0 Å². The number of nitrogens with one attached hydrogen (secondary N) is 1. The Morgan fingerprint density at radius 1 is 1.04 bits per heavy atom. The number of aromatic nitrogens is 3. The lowest BCUT2D eigenvalue weighted by atomic mass is 10.1. The van der Waals surface area contributed by atoms with Crippen molar-refractivity contribution < 1.29 is 9.18 Å². The minimum atomic E-state index is -0.297. The zero-order valence-corrected chi connectivity index (χ0v) is 14.5. The van der Waals surface area contributed by atoms with Crippen LogP contribution < -0.4 is 5.32 Å². The molecule has 2 heterocycles. The number of rotatable bonds is 3. The van der Waals surface area contributed by atoms with Gasteiger partial charge in [-0.15, -0.1) is 11.3 Å². The Hall–Kier alpha value is -3.19. The highest BCUT2D eigenvalue weighted by Crippen LogP contribution is 2.30. The molecule has 0 saturated carbocycles. The van der Waals surface area contributed by atoms with Crippen LogP contribution in [0, 0.1) is 12.7 Å². The number of carbonyl (C=O) groups is 1. The maximum absolute atomic E-state index is 13.1. The predicted molar refractivity (Wildman–Crippen MR) is 99.7 cm³/mol. The quantitative estimate of drug-likeness (QED) is 0.583. The number of carbonyl (C=O) groups excluding carboxylic acids is 1. The van der Waals surface area contributed by atoms with Crippen LogP contribution >= 0.6 is 11.3 Å². The molecule has 2 aromatic heterocycles. The van der Waals surface area contributed by atoms with Crippen molar-refractivity contribution in [3.05, 3.63) is 71.1 Å². The molecular formula is C19H13FN4OS. The number of aryl methyl sites for hydroxylation is 1. The molecular weight excluding hydrogens is 351 g/mol. The highest BCUT2D eigenvalue weighted by molar-refractivity contribution is 7.16. The lowest BCUT2D eigenvalue weighted by molar-refractivity contribution is 0.102. The summed E-state index contributed by atoms with van der Waals surface area (Å²) in [5.41, 5.74) is 3.40. The summed E-state index contributed by atoms with van der Waals surface area (Å²) >= 11 is 1.38. The summed E-state index contributed by atoms with van der Waals surface area (Å²) in [6.45, 7) is 1.91. The molecule has 5 nitrogen and oxygen atoms in total. The third-order valence-electron chi connectivity index (χ3n) is 3.87. The van der Waals surface area contributed by atoms with Gasteiger partial charge in [0.1, 0.15) is 5.82 Å². The fourth-order valence-corrected chi connectivity index (χ4v) is 3.43. The van der Waals surface area contributed by atoms with Gasteiger partial charge in [0.05, 0.1) is 16.7 Å². The van der Waals surface area contributed by atoms with Gasteiger partial charge in [-0.1, -0.05) is 0 Å². The predicted octanol–water partition coefficient (Wildman–Crippen LogP) is 4.45. The van der Waals surface area contributed by atoms with Crippen molar-refractivity contribution in [1.82, 2.24) is 15.0 Å². The summed E-state index contributed by atoms with van der Waals surface area (Å²) in [6, 6.07) is 11.3. The van der Waals surface area contributed by atoms with Crippen molar-refractivity contribution in [3.8, 4) is 11.3 Å². The number of halogens is 1. The summed E-state index contributed by atoms with van der Waals surface area (Å²) in [5, 5.41) is 3.30. The normalized spacial score (nSPS) is 10.8. The van der Waals surface area contributed by atoms with Gasteiger partial charge in [0.15, 0.2) is 5.13 Å². The van der Waals surface area contributed by atoms with Gasteiger partial charge in [-0.3, -0.25) is 20.1 Å². The van der Waals surface area contributed by atoms with E-state index in [0.29, 0.717) is 16.2 Å². The number of thiazole rings is 1. The van der Waals surface area contributed by atoms with Gasteiger partial charge in [-0.2, -0.15) is 0 Å². The molecule has 26 heavy (non-hydrogen) atoms. The summed E-state index contributed by atoms with van der Waals surface area (Å²) in [7, 11) is 0. The molecule has 0 bridgehead atoms.